The average molecular weight is 266 g/mol. The summed E-state index contributed by atoms with van der Waals surface area (Å²) in [6, 6.07) is 6.20. The third-order valence-electron chi connectivity index (χ3n) is 3.41. The number of ether oxygens (including phenoxy) is 2. The maximum absolute atomic E-state index is 6.31. The van der Waals surface area contributed by atoms with Crippen LogP contribution in [-0.2, 0) is 0 Å². The van der Waals surface area contributed by atoms with Gasteiger partial charge in [-0.2, -0.15) is 0 Å². The van der Waals surface area contributed by atoms with Crippen molar-refractivity contribution in [2.75, 3.05) is 27.3 Å². The van der Waals surface area contributed by atoms with E-state index in [2.05, 4.69) is 25.7 Å². The van der Waals surface area contributed by atoms with Gasteiger partial charge in [-0.15, -0.1) is 0 Å². The predicted molar refractivity (Wildman–Crippen MR) is 78.9 cm³/mol. The Morgan fingerprint density at radius 1 is 1.21 bits per heavy atom. The quantitative estimate of drug-likeness (QED) is 0.823. The van der Waals surface area contributed by atoms with E-state index >= 15 is 0 Å². The van der Waals surface area contributed by atoms with Gasteiger partial charge in [0.15, 0.2) is 0 Å². The molecule has 0 saturated carbocycles. The van der Waals surface area contributed by atoms with Crippen molar-refractivity contribution < 1.29 is 9.47 Å². The summed E-state index contributed by atoms with van der Waals surface area (Å²) >= 11 is 0. The van der Waals surface area contributed by atoms with E-state index in [1.165, 1.54) is 0 Å². The van der Waals surface area contributed by atoms with E-state index in [1.54, 1.807) is 14.2 Å². The Bertz CT molecular complexity index is 394. The van der Waals surface area contributed by atoms with Gasteiger partial charge in [-0.1, -0.05) is 13.0 Å². The highest BCUT2D eigenvalue weighted by atomic mass is 16.5. The third-order valence-corrected chi connectivity index (χ3v) is 3.41. The number of likely N-dealkylation sites (N-methyl/N-ethyl adjacent to an activating group) is 1. The molecule has 1 rings (SSSR count). The highest BCUT2D eigenvalue weighted by Crippen LogP contribution is 2.29. The van der Waals surface area contributed by atoms with Crippen molar-refractivity contribution in [3.05, 3.63) is 23.8 Å². The van der Waals surface area contributed by atoms with Gasteiger partial charge in [0.2, 0.25) is 0 Å². The minimum atomic E-state index is -0.0665. The summed E-state index contributed by atoms with van der Waals surface area (Å²) in [6.07, 6.45) is 0. The lowest BCUT2D eigenvalue weighted by molar-refractivity contribution is 0.218. The molecule has 0 aliphatic rings. The van der Waals surface area contributed by atoms with Crippen molar-refractivity contribution in [1.82, 2.24) is 4.90 Å². The molecule has 0 aliphatic carbocycles. The molecule has 108 valence electrons. The fourth-order valence-electron chi connectivity index (χ4n) is 2.18. The first-order valence-electron chi connectivity index (χ1n) is 6.75. The number of methoxy groups -OCH3 is 2. The normalized spacial score (nSPS) is 12.8. The van der Waals surface area contributed by atoms with Crippen LogP contribution >= 0.6 is 0 Å². The number of nitrogens with two attached hydrogens (primary N) is 1. The zero-order valence-electron chi connectivity index (χ0n) is 12.6. The number of hydrogen-bond acceptors (Lipinski definition) is 4. The van der Waals surface area contributed by atoms with Gasteiger partial charge in [0.05, 0.1) is 14.2 Å². The molecule has 2 N–H and O–H groups in total. The van der Waals surface area contributed by atoms with Crippen molar-refractivity contribution in [3.63, 3.8) is 0 Å². The molecule has 0 aliphatic heterocycles. The predicted octanol–water partition coefficient (Wildman–Crippen LogP) is 2.43. The molecule has 0 heterocycles. The van der Waals surface area contributed by atoms with E-state index in [0.29, 0.717) is 6.04 Å². The van der Waals surface area contributed by atoms with Crippen LogP contribution in [0, 0.1) is 0 Å². The summed E-state index contributed by atoms with van der Waals surface area (Å²) in [5.74, 6) is 1.57. The van der Waals surface area contributed by atoms with Gasteiger partial charge in [0.25, 0.3) is 0 Å². The molecule has 1 atom stereocenters. The van der Waals surface area contributed by atoms with E-state index in [1.807, 2.05) is 18.2 Å². The number of benzene rings is 1. The highest BCUT2D eigenvalue weighted by molar-refractivity contribution is 5.42. The lowest BCUT2D eigenvalue weighted by atomic mass is 10.0. The summed E-state index contributed by atoms with van der Waals surface area (Å²) < 4.78 is 10.6. The first kappa shape index (κ1) is 15.8. The van der Waals surface area contributed by atoms with Crippen LogP contribution in [0.2, 0.25) is 0 Å². The molecule has 0 fully saturated rings. The lowest BCUT2D eigenvalue weighted by Crippen LogP contribution is -2.37. The topological polar surface area (TPSA) is 47.7 Å². The van der Waals surface area contributed by atoms with Crippen LogP contribution in [0.1, 0.15) is 32.4 Å². The van der Waals surface area contributed by atoms with E-state index < -0.39 is 0 Å². The molecule has 1 aromatic carbocycles. The van der Waals surface area contributed by atoms with Crippen LogP contribution in [0.15, 0.2) is 18.2 Å². The second-order valence-corrected chi connectivity index (χ2v) is 4.90. The summed E-state index contributed by atoms with van der Waals surface area (Å²) in [7, 11) is 3.30. The Labute approximate surface area is 116 Å². The van der Waals surface area contributed by atoms with Gasteiger partial charge < -0.3 is 15.2 Å². The fourth-order valence-corrected chi connectivity index (χ4v) is 2.18. The van der Waals surface area contributed by atoms with E-state index in [0.717, 1.165) is 30.2 Å². The highest BCUT2D eigenvalue weighted by Gasteiger charge is 2.17. The molecule has 0 radical (unpaired) electrons. The second kappa shape index (κ2) is 7.36. The van der Waals surface area contributed by atoms with E-state index in [-0.39, 0.29) is 6.04 Å². The molecule has 0 saturated heterocycles. The molecule has 4 nitrogen and oxygen atoms in total. The molecule has 19 heavy (non-hydrogen) atoms. The molecule has 0 amide bonds. The molecular formula is C15H26N2O2. The van der Waals surface area contributed by atoms with Crippen molar-refractivity contribution in [2.24, 2.45) is 5.73 Å². The molecule has 1 aromatic rings. The molecule has 0 spiro atoms. The maximum Gasteiger partial charge on any atom is 0.127 e. The summed E-state index contributed by atoms with van der Waals surface area (Å²) in [5.41, 5.74) is 7.33. The summed E-state index contributed by atoms with van der Waals surface area (Å²) in [4.78, 5) is 2.34. The van der Waals surface area contributed by atoms with Crippen molar-refractivity contribution in [1.29, 1.82) is 0 Å². The molecule has 0 bridgehead atoms. The largest absolute Gasteiger partial charge is 0.497 e. The average Bonchev–Trinajstić information content (AvgIpc) is 2.43. The van der Waals surface area contributed by atoms with Crippen LogP contribution < -0.4 is 15.2 Å². The Kier molecular flexibility index (Phi) is 6.12. The van der Waals surface area contributed by atoms with Gasteiger partial charge in [0.1, 0.15) is 11.5 Å². The fraction of sp³-hybridized carbons (Fsp3) is 0.600. The van der Waals surface area contributed by atoms with Crippen LogP contribution in [-0.4, -0.2) is 38.3 Å². The van der Waals surface area contributed by atoms with Gasteiger partial charge in [-0.3, -0.25) is 4.90 Å². The summed E-state index contributed by atoms with van der Waals surface area (Å²) in [6.45, 7) is 8.32. The Hall–Kier alpha value is -1.26. The van der Waals surface area contributed by atoms with Crippen LogP contribution in [0.4, 0.5) is 0 Å². The van der Waals surface area contributed by atoms with Crippen LogP contribution in [0.3, 0.4) is 0 Å². The Morgan fingerprint density at radius 2 is 1.89 bits per heavy atom. The maximum atomic E-state index is 6.31. The summed E-state index contributed by atoms with van der Waals surface area (Å²) in [5, 5.41) is 0. The van der Waals surface area contributed by atoms with Crippen molar-refractivity contribution >= 4 is 0 Å². The van der Waals surface area contributed by atoms with Crippen molar-refractivity contribution in [2.45, 2.75) is 32.9 Å². The molecule has 1 unspecified atom stereocenters. The minimum absolute atomic E-state index is 0.0665. The van der Waals surface area contributed by atoms with E-state index in [9.17, 15) is 0 Å². The lowest BCUT2D eigenvalue weighted by Gasteiger charge is -2.28. The third kappa shape index (κ3) is 4.11. The SMILES string of the molecule is CCN(CC(N)c1ccc(OC)cc1OC)C(C)C. The van der Waals surface area contributed by atoms with Crippen LogP contribution in [0.25, 0.3) is 0 Å². The molecule has 0 aromatic heterocycles. The zero-order valence-corrected chi connectivity index (χ0v) is 12.6. The van der Waals surface area contributed by atoms with Gasteiger partial charge in [-0.25, -0.2) is 0 Å². The number of hydrogen-bond donors (Lipinski definition) is 1. The monoisotopic (exact) mass is 266 g/mol. The van der Waals surface area contributed by atoms with E-state index in [4.69, 9.17) is 15.2 Å². The molecular weight excluding hydrogens is 240 g/mol. The van der Waals surface area contributed by atoms with Gasteiger partial charge in [-0.05, 0) is 26.5 Å². The number of rotatable bonds is 7. The van der Waals surface area contributed by atoms with Crippen LogP contribution in [0.5, 0.6) is 11.5 Å². The number of nitrogens with zero attached hydrogens (tertiary/aromatic N) is 1. The first-order chi connectivity index (χ1) is 9.03. The smallest absolute Gasteiger partial charge is 0.127 e. The van der Waals surface area contributed by atoms with Gasteiger partial charge >= 0.3 is 0 Å². The Morgan fingerprint density at radius 3 is 2.37 bits per heavy atom. The first-order valence-corrected chi connectivity index (χ1v) is 6.75. The van der Waals surface area contributed by atoms with Crippen molar-refractivity contribution in [3.8, 4) is 11.5 Å². The molecule has 4 heteroatoms. The minimum Gasteiger partial charge on any atom is -0.497 e. The standard InChI is InChI=1S/C15H26N2O2/c1-6-17(11(2)3)10-14(16)13-8-7-12(18-4)9-15(13)19-5/h7-9,11,14H,6,10,16H2,1-5H3. The second-order valence-electron chi connectivity index (χ2n) is 4.90. The van der Waals surface area contributed by atoms with Gasteiger partial charge in [0, 0.05) is 30.3 Å². The Balaban J connectivity index is 2.89. The zero-order chi connectivity index (χ0) is 14.4.